The van der Waals surface area contributed by atoms with Gasteiger partial charge in [-0.15, -0.1) is 0 Å². The molecule has 8 nitrogen and oxygen atoms in total. The first-order chi connectivity index (χ1) is 19.6. The molecule has 0 bridgehead atoms. The SMILES string of the molecule is CC(Cc1ccc(Cl)c(Cl)c1)C(=O)NC1N=C(c2ccccc2)c2ccccc2N(CC(=O)NCCN(C)C)C1=O. The molecule has 10 heteroatoms. The highest BCUT2D eigenvalue weighted by Gasteiger charge is 2.34. The first-order valence-corrected chi connectivity index (χ1v) is 14.1. The lowest BCUT2D eigenvalue weighted by Crippen LogP contribution is -2.51. The molecule has 0 aromatic heterocycles. The summed E-state index contributed by atoms with van der Waals surface area (Å²) in [4.78, 5) is 48.4. The number of amides is 3. The fraction of sp³-hybridized carbons (Fsp3) is 0.290. The van der Waals surface area contributed by atoms with Gasteiger partial charge in [-0.2, -0.15) is 0 Å². The van der Waals surface area contributed by atoms with Crippen LogP contribution in [0, 0.1) is 5.92 Å². The van der Waals surface area contributed by atoms with Crippen LogP contribution in [0.4, 0.5) is 5.69 Å². The van der Waals surface area contributed by atoms with E-state index in [9.17, 15) is 14.4 Å². The molecule has 2 unspecified atom stereocenters. The van der Waals surface area contributed by atoms with E-state index in [2.05, 4.69) is 10.6 Å². The topological polar surface area (TPSA) is 94.1 Å². The monoisotopic (exact) mass is 593 g/mol. The molecule has 214 valence electrons. The predicted octanol–water partition coefficient (Wildman–Crippen LogP) is 4.18. The molecular formula is C31H33Cl2N5O3. The van der Waals surface area contributed by atoms with Crippen molar-refractivity contribution >= 4 is 52.3 Å². The molecule has 0 spiro atoms. The number of likely N-dealkylation sites (N-methyl/N-ethyl adjacent to an activating group) is 1. The molecule has 1 heterocycles. The van der Waals surface area contributed by atoms with Crippen LogP contribution in [-0.2, 0) is 20.8 Å². The van der Waals surface area contributed by atoms with Gasteiger partial charge in [-0.05, 0) is 44.3 Å². The molecule has 0 fully saturated rings. The fourth-order valence-electron chi connectivity index (χ4n) is 4.52. The van der Waals surface area contributed by atoms with Gasteiger partial charge in [0.15, 0.2) is 0 Å². The number of aliphatic imine (C=N–C) groups is 1. The number of benzene rings is 3. The van der Waals surface area contributed by atoms with Gasteiger partial charge in [0, 0.05) is 30.1 Å². The number of hydrogen-bond donors (Lipinski definition) is 2. The summed E-state index contributed by atoms with van der Waals surface area (Å²) in [5.41, 5.74) is 3.41. The Kier molecular flexibility index (Phi) is 10.2. The lowest BCUT2D eigenvalue weighted by Gasteiger charge is -2.25. The van der Waals surface area contributed by atoms with Crippen LogP contribution in [0.2, 0.25) is 10.0 Å². The number of fused-ring (bicyclic) bond motifs is 1. The van der Waals surface area contributed by atoms with Crippen molar-refractivity contribution in [3.8, 4) is 0 Å². The average molecular weight is 595 g/mol. The zero-order valence-electron chi connectivity index (χ0n) is 23.2. The highest BCUT2D eigenvalue weighted by Crippen LogP contribution is 2.28. The molecular weight excluding hydrogens is 561 g/mol. The van der Waals surface area contributed by atoms with E-state index >= 15 is 0 Å². The molecule has 3 aromatic carbocycles. The standard InChI is InChI=1S/C31H33Cl2N5O3/c1-20(17-21-13-14-24(32)25(33)18-21)30(40)36-29-31(41)38(19-27(39)34-15-16-37(2)3)26-12-8-7-11-23(26)28(35-29)22-9-5-4-6-10-22/h4-14,18,20,29H,15-17,19H2,1-3H3,(H,34,39)(H,36,40). The zero-order valence-corrected chi connectivity index (χ0v) is 24.7. The Morgan fingerprint density at radius 1 is 1.00 bits per heavy atom. The van der Waals surface area contributed by atoms with Gasteiger partial charge < -0.3 is 15.5 Å². The Morgan fingerprint density at radius 2 is 1.71 bits per heavy atom. The van der Waals surface area contributed by atoms with Gasteiger partial charge in [-0.1, -0.05) is 84.7 Å². The van der Waals surface area contributed by atoms with Crippen molar-refractivity contribution in [3.63, 3.8) is 0 Å². The summed E-state index contributed by atoms with van der Waals surface area (Å²) in [5.74, 6) is -1.66. The van der Waals surface area contributed by atoms with Crippen molar-refractivity contribution in [1.29, 1.82) is 0 Å². The molecule has 0 saturated carbocycles. The highest BCUT2D eigenvalue weighted by atomic mass is 35.5. The average Bonchev–Trinajstić information content (AvgIpc) is 3.06. The van der Waals surface area contributed by atoms with Crippen molar-refractivity contribution in [2.45, 2.75) is 19.5 Å². The molecule has 1 aliphatic rings. The van der Waals surface area contributed by atoms with Crippen LogP contribution in [-0.4, -0.2) is 68.2 Å². The molecule has 4 rings (SSSR count). The number of carbonyl (C=O) groups excluding carboxylic acids is 3. The third-order valence-electron chi connectivity index (χ3n) is 6.69. The van der Waals surface area contributed by atoms with Gasteiger partial charge in [0.25, 0.3) is 5.91 Å². The van der Waals surface area contributed by atoms with Gasteiger partial charge in [0.2, 0.25) is 18.0 Å². The number of nitrogens with zero attached hydrogens (tertiary/aromatic N) is 3. The van der Waals surface area contributed by atoms with Crippen molar-refractivity contribution in [3.05, 3.63) is 99.5 Å². The van der Waals surface area contributed by atoms with Crippen LogP contribution in [0.15, 0.2) is 77.8 Å². The second-order valence-corrected chi connectivity index (χ2v) is 11.0. The van der Waals surface area contributed by atoms with E-state index in [1.54, 1.807) is 25.1 Å². The van der Waals surface area contributed by atoms with Crippen molar-refractivity contribution < 1.29 is 14.4 Å². The maximum Gasteiger partial charge on any atom is 0.272 e. The first kappa shape index (κ1) is 30.2. The van der Waals surface area contributed by atoms with Crippen LogP contribution in [0.5, 0.6) is 0 Å². The number of rotatable bonds is 10. The predicted molar refractivity (Wildman–Crippen MR) is 164 cm³/mol. The van der Waals surface area contributed by atoms with Crippen LogP contribution >= 0.6 is 23.2 Å². The van der Waals surface area contributed by atoms with Gasteiger partial charge in [0.1, 0.15) is 6.54 Å². The van der Waals surface area contributed by atoms with E-state index in [1.165, 1.54) is 4.90 Å². The van der Waals surface area contributed by atoms with Gasteiger partial charge in [0.05, 0.1) is 21.4 Å². The number of hydrogen-bond acceptors (Lipinski definition) is 5. The Morgan fingerprint density at radius 3 is 2.41 bits per heavy atom. The fourth-order valence-corrected chi connectivity index (χ4v) is 4.84. The van der Waals surface area contributed by atoms with Crippen LogP contribution in [0.3, 0.4) is 0 Å². The molecule has 3 amide bonds. The Labute approximate surface area is 250 Å². The Balaban J connectivity index is 1.65. The highest BCUT2D eigenvalue weighted by molar-refractivity contribution is 6.42. The van der Waals surface area contributed by atoms with Gasteiger partial charge in [-0.25, -0.2) is 4.99 Å². The van der Waals surface area contributed by atoms with E-state index < -0.39 is 18.0 Å². The van der Waals surface area contributed by atoms with Gasteiger partial charge >= 0.3 is 0 Å². The van der Waals surface area contributed by atoms with E-state index in [1.807, 2.05) is 73.6 Å². The number of carbonyl (C=O) groups is 3. The number of nitrogens with one attached hydrogen (secondary N) is 2. The van der Waals surface area contributed by atoms with Crippen molar-refractivity contribution in [2.75, 3.05) is 38.6 Å². The molecule has 2 N–H and O–H groups in total. The normalized spacial score (nSPS) is 15.6. The first-order valence-electron chi connectivity index (χ1n) is 13.3. The summed E-state index contributed by atoms with van der Waals surface area (Å²) < 4.78 is 0. The van der Waals surface area contributed by atoms with Crippen molar-refractivity contribution in [2.24, 2.45) is 10.9 Å². The minimum Gasteiger partial charge on any atom is -0.353 e. The van der Waals surface area contributed by atoms with Gasteiger partial charge in [-0.3, -0.25) is 19.3 Å². The lowest BCUT2D eigenvalue weighted by atomic mass is 10.00. The molecule has 0 saturated heterocycles. The number of benzodiazepines with no additional fused rings is 1. The third-order valence-corrected chi connectivity index (χ3v) is 7.43. The molecule has 0 aliphatic carbocycles. The van der Waals surface area contributed by atoms with E-state index in [0.29, 0.717) is 46.5 Å². The van der Waals surface area contributed by atoms with Crippen LogP contribution in [0.1, 0.15) is 23.6 Å². The quantitative estimate of drug-likeness (QED) is 0.369. The molecule has 1 aliphatic heterocycles. The number of anilines is 1. The molecule has 0 radical (unpaired) electrons. The summed E-state index contributed by atoms with van der Waals surface area (Å²) in [7, 11) is 3.83. The molecule has 2 atom stereocenters. The Bertz CT molecular complexity index is 1440. The second kappa shape index (κ2) is 13.8. The summed E-state index contributed by atoms with van der Waals surface area (Å²) in [6.45, 7) is 2.65. The Hall–Kier alpha value is -3.72. The maximum atomic E-state index is 14.0. The molecule has 41 heavy (non-hydrogen) atoms. The maximum absolute atomic E-state index is 14.0. The third kappa shape index (κ3) is 7.73. The van der Waals surface area contributed by atoms with Crippen molar-refractivity contribution in [1.82, 2.24) is 15.5 Å². The number of halogens is 2. The van der Waals surface area contributed by atoms with E-state index in [4.69, 9.17) is 28.2 Å². The van der Waals surface area contributed by atoms with Crippen LogP contribution in [0.25, 0.3) is 0 Å². The summed E-state index contributed by atoms with van der Waals surface area (Å²) in [5, 5.41) is 6.54. The molecule has 3 aromatic rings. The van der Waals surface area contributed by atoms with E-state index in [0.717, 1.165) is 11.1 Å². The minimum atomic E-state index is -1.24. The number of para-hydroxylation sites is 1. The second-order valence-electron chi connectivity index (χ2n) is 10.2. The summed E-state index contributed by atoms with van der Waals surface area (Å²) >= 11 is 12.2. The summed E-state index contributed by atoms with van der Waals surface area (Å²) in [6.07, 6.45) is -0.854. The summed E-state index contributed by atoms with van der Waals surface area (Å²) in [6, 6.07) is 22.0. The smallest absolute Gasteiger partial charge is 0.272 e. The van der Waals surface area contributed by atoms with Crippen LogP contribution < -0.4 is 15.5 Å². The lowest BCUT2D eigenvalue weighted by molar-refractivity contribution is -0.130. The minimum absolute atomic E-state index is 0.216. The largest absolute Gasteiger partial charge is 0.353 e. The zero-order chi connectivity index (χ0) is 29.5. The van der Waals surface area contributed by atoms with E-state index in [-0.39, 0.29) is 18.4 Å².